The lowest BCUT2D eigenvalue weighted by molar-refractivity contribution is 0.414. The third-order valence-corrected chi connectivity index (χ3v) is 3.93. The maximum Gasteiger partial charge on any atom is 0.178 e. The van der Waals surface area contributed by atoms with Crippen molar-refractivity contribution in [1.82, 2.24) is 9.55 Å². The number of nitrogens with one attached hydrogen (secondary N) is 1. The minimum atomic E-state index is -0.461. The number of nitrogens with zero attached hydrogens (tertiary/aromatic N) is 1. The summed E-state index contributed by atoms with van der Waals surface area (Å²) in [5.74, 6) is 0.336. The van der Waals surface area contributed by atoms with Crippen LogP contribution in [0.1, 0.15) is 5.56 Å². The second kappa shape index (κ2) is 5.50. The van der Waals surface area contributed by atoms with Crippen molar-refractivity contribution in [1.29, 1.82) is 0 Å². The first-order chi connectivity index (χ1) is 10.1. The van der Waals surface area contributed by atoms with Crippen LogP contribution in [0.15, 0.2) is 36.4 Å². The lowest BCUT2D eigenvalue weighted by Gasteiger charge is -2.06. The number of H-pyrrole nitrogens is 1. The molecule has 0 amide bonds. The zero-order valence-corrected chi connectivity index (χ0v) is 12.8. The monoisotopic (exact) mass is 322 g/mol. The molecule has 0 unspecified atom stereocenters. The molecule has 2 aromatic carbocycles. The highest BCUT2D eigenvalue weighted by Gasteiger charge is 2.09. The predicted molar refractivity (Wildman–Crippen MR) is 84.2 cm³/mol. The summed E-state index contributed by atoms with van der Waals surface area (Å²) < 4.78 is 21.0. The van der Waals surface area contributed by atoms with Gasteiger partial charge >= 0.3 is 0 Å². The van der Waals surface area contributed by atoms with E-state index >= 15 is 0 Å². The summed E-state index contributed by atoms with van der Waals surface area (Å²) in [5.41, 5.74) is 2.48. The van der Waals surface area contributed by atoms with Gasteiger partial charge in [0.25, 0.3) is 0 Å². The lowest BCUT2D eigenvalue weighted by atomic mass is 10.2. The van der Waals surface area contributed by atoms with E-state index in [9.17, 15) is 4.39 Å². The van der Waals surface area contributed by atoms with E-state index in [1.54, 1.807) is 13.2 Å². The number of hydrogen-bond acceptors (Lipinski definition) is 2. The minimum absolute atomic E-state index is 0.0833. The summed E-state index contributed by atoms with van der Waals surface area (Å²) in [6, 6.07) is 10.6. The quantitative estimate of drug-likeness (QED) is 0.717. The molecule has 0 bridgehead atoms. The van der Waals surface area contributed by atoms with Crippen molar-refractivity contribution in [2.45, 2.75) is 6.54 Å². The molecule has 0 radical (unpaired) electrons. The van der Waals surface area contributed by atoms with Crippen LogP contribution >= 0.6 is 23.8 Å². The molecular weight excluding hydrogens is 311 g/mol. The number of hydrogen-bond donors (Lipinski definition) is 1. The molecule has 21 heavy (non-hydrogen) atoms. The van der Waals surface area contributed by atoms with E-state index in [4.69, 9.17) is 28.6 Å². The van der Waals surface area contributed by atoms with Gasteiger partial charge in [-0.05, 0) is 36.0 Å². The normalized spacial score (nSPS) is 11.0. The van der Waals surface area contributed by atoms with Crippen molar-refractivity contribution < 1.29 is 9.13 Å². The van der Waals surface area contributed by atoms with Crippen LogP contribution in [-0.4, -0.2) is 16.7 Å². The van der Waals surface area contributed by atoms with Crippen LogP contribution in [0.25, 0.3) is 11.0 Å². The third-order valence-electron chi connectivity index (χ3n) is 3.32. The summed E-state index contributed by atoms with van der Waals surface area (Å²) in [6.45, 7) is 0.574. The van der Waals surface area contributed by atoms with Gasteiger partial charge in [0, 0.05) is 6.07 Å². The zero-order chi connectivity index (χ0) is 15.0. The van der Waals surface area contributed by atoms with Crippen LogP contribution in [0, 0.1) is 10.6 Å². The topological polar surface area (TPSA) is 29.9 Å². The van der Waals surface area contributed by atoms with Gasteiger partial charge in [0.05, 0.1) is 29.7 Å². The molecule has 3 rings (SSSR count). The number of aromatic amines is 1. The van der Waals surface area contributed by atoms with Gasteiger partial charge < -0.3 is 14.3 Å². The number of benzene rings is 2. The molecule has 0 aliphatic rings. The maximum atomic E-state index is 13.5. The summed E-state index contributed by atoms with van der Waals surface area (Å²) in [7, 11) is 1.63. The smallest absolute Gasteiger partial charge is 0.178 e. The van der Waals surface area contributed by atoms with Crippen molar-refractivity contribution in [2.24, 2.45) is 0 Å². The molecule has 3 nitrogen and oxygen atoms in total. The molecule has 1 heterocycles. The number of fused-ring (bicyclic) bond motifs is 1. The van der Waals surface area contributed by atoms with Crippen LogP contribution in [0.2, 0.25) is 5.02 Å². The molecule has 0 saturated heterocycles. The Morgan fingerprint density at radius 3 is 2.67 bits per heavy atom. The summed E-state index contributed by atoms with van der Waals surface area (Å²) in [4.78, 5) is 2.99. The fourth-order valence-electron chi connectivity index (χ4n) is 2.22. The Morgan fingerprint density at radius 1 is 1.29 bits per heavy atom. The number of ether oxygens (including phenoxy) is 1. The first kappa shape index (κ1) is 14.1. The van der Waals surface area contributed by atoms with Crippen molar-refractivity contribution >= 4 is 34.9 Å². The molecular formula is C15H12ClFN2OS. The summed E-state index contributed by atoms with van der Waals surface area (Å²) in [5, 5.41) is 0.0833. The van der Waals surface area contributed by atoms with Gasteiger partial charge in [-0.15, -0.1) is 0 Å². The highest BCUT2D eigenvalue weighted by Crippen LogP contribution is 2.24. The van der Waals surface area contributed by atoms with Gasteiger partial charge in [-0.25, -0.2) is 4.39 Å². The number of aromatic nitrogens is 2. The molecule has 3 aromatic rings. The summed E-state index contributed by atoms with van der Waals surface area (Å²) in [6.07, 6.45) is 0. The molecule has 1 N–H and O–H groups in total. The Morgan fingerprint density at radius 2 is 2.00 bits per heavy atom. The SMILES string of the molecule is COc1ccc(Cn2c(=S)[nH]c3cc(F)c(Cl)cc32)cc1. The Bertz CT molecular complexity index is 854. The Kier molecular flexibility index (Phi) is 3.69. The Hall–Kier alpha value is -1.85. The van der Waals surface area contributed by atoms with E-state index in [1.165, 1.54) is 6.07 Å². The maximum absolute atomic E-state index is 13.5. The van der Waals surface area contributed by atoms with E-state index in [-0.39, 0.29) is 5.02 Å². The van der Waals surface area contributed by atoms with E-state index in [1.807, 2.05) is 28.8 Å². The first-order valence-electron chi connectivity index (χ1n) is 6.29. The lowest BCUT2D eigenvalue weighted by Crippen LogP contribution is -1.99. The van der Waals surface area contributed by atoms with Gasteiger partial charge in [-0.2, -0.15) is 0 Å². The van der Waals surface area contributed by atoms with Crippen LogP contribution in [0.3, 0.4) is 0 Å². The van der Waals surface area contributed by atoms with E-state index in [0.29, 0.717) is 16.8 Å². The second-order valence-corrected chi connectivity index (χ2v) is 5.44. The standard InChI is InChI=1S/C15H12ClFN2OS/c1-20-10-4-2-9(3-5-10)8-19-14-6-11(16)12(17)7-13(14)18-15(19)21/h2-7H,8H2,1H3,(H,18,21). The molecule has 0 fully saturated rings. The van der Waals surface area contributed by atoms with Crippen LogP contribution in [0.4, 0.5) is 4.39 Å². The number of rotatable bonds is 3. The van der Waals surface area contributed by atoms with Crippen molar-refractivity contribution in [3.05, 3.63) is 57.6 Å². The van der Waals surface area contributed by atoms with Crippen LogP contribution < -0.4 is 4.74 Å². The van der Waals surface area contributed by atoms with E-state index < -0.39 is 5.82 Å². The molecule has 0 aliphatic heterocycles. The first-order valence-corrected chi connectivity index (χ1v) is 7.07. The molecule has 1 aromatic heterocycles. The average molecular weight is 323 g/mol. The second-order valence-electron chi connectivity index (χ2n) is 4.65. The highest BCUT2D eigenvalue weighted by atomic mass is 35.5. The van der Waals surface area contributed by atoms with E-state index in [0.717, 1.165) is 16.8 Å². The molecule has 6 heteroatoms. The molecule has 0 aliphatic carbocycles. The average Bonchev–Trinajstić information content (AvgIpc) is 2.76. The van der Waals surface area contributed by atoms with Gasteiger partial charge in [0.15, 0.2) is 4.77 Å². The van der Waals surface area contributed by atoms with Crippen molar-refractivity contribution in [3.8, 4) is 5.75 Å². The van der Waals surface area contributed by atoms with E-state index in [2.05, 4.69) is 4.98 Å². The third kappa shape index (κ3) is 2.66. The Labute approximate surface area is 130 Å². The molecule has 108 valence electrons. The fraction of sp³-hybridized carbons (Fsp3) is 0.133. The summed E-state index contributed by atoms with van der Waals surface area (Å²) >= 11 is 11.2. The van der Waals surface area contributed by atoms with Crippen molar-refractivity contribution in [2.75, 3.05) is 7.11 Å². The largest absolute Gasteiger partial charge is 0.497 e. The highest BCUT2D eigenvalue weighted by molar-refractivity contribution is 7.71. The van der Waals surface area contributed by atoms with Gasteiger partial charge in [-0.3, -0.25) is 0 Å². The fourth-order valence-corrected chi connectivity index (χ4v) is 2.65. The number of halogens is 2. The van der Waals surface area contributed by atoms with Crippen molar-refractivity contribution in [3.63, 3.8) is 0 Å². The number of imidazole rings is 1. The van der Waals surface area contributed by atoms with Gasteiger partial charge in [0.2, 0.25) is 0 Å². The minimum Gasteiger partial charge on any atom is -0.497 e. The Balaban J connectivity index is 2.05. The van der Waals surface area contributed by atoms with Crippen LogP contribution in [0.5, 0.6) is 5.75 Å². The van der Waals surface area contributed by atoms with Crippen LogP contribution in [-0.2, 0) is 6.54 Å². The molecule has 0 spiro atoms. The zero-order valence-electron chi connectivity index (χ0n) is 11.2. The predicted octanol–water partition coefficient (Wildman–Crippen LogP) is 4.55. The molecule has 0 atom stereocenters. The van der Waals surface area contributed by atoms with Gasteiger partial charge in [-0.1, -0.05) is 23.7 Å². The number of methoxy groups -OCH3 is 1. The molecule has 0 saturated carbocycles. The van der Waals surface area contributed by atoms with Gasteiger partial charge in [0.1, 0.15) is 11.6 Å².